The van der Waals surface area contributed by atoms with Crippen LogP contribution in [0.25, 0.3) is 0 Å². The lowest BCUT2D eigenvalue weighted by molar-refractivity contribution is 0.356. The Morgan fingerprint density at radius 2 is 1.29 bits per heavy atom. The third-order valence-electron chi connectivity index (χ3n) is 2.39. The van der Waals surface area contributed by atoms with Crippen LogP contribution in [-0.4, -0.2) is 31.9 Å². The summed E-state index contributed by atoms with van der Waals surface area (Å²) in [5.41, 5.74) is 0. The van der Waals surface area contributed by atoms with E-state index >= 15 is 0 Å². The van der Waals surface area contributed by atoms with Crippen molar-refractivity contribution < 1.29 is 18.8 Å². The number of halogens is 2. The van der Waals surface area contributed by atoms with E-state index in [1.54, 1.807) is 12.1 Å². The van der Waals surface area contributed by atoms with Crippen molar-refractivity contribution in [2.24, 2.45) is 0 Å². The summed E-state index contributed by atoms with van der Waals surface area (Å²) in [6.07, 6.45) is 2.91. The number of aromatic nitrogens is 2. The maximum atomic E-state index is 5.85. The summed E-state index contributed by atoms with van der Waals surface area (Å²) >= 11 is 11.7. The van der Waals surface area contributed by atoms with Gasteiger partial charge in [0.15, 0.2) is 11.5 Å². The van der Waals surface area contributed by atoms with Crippen LogP contribution in [0, 0.1) is 0 Å². The molecule has 0 aliphatic carbocycles. The lowest BCUT2D eigenvalue weighted by Gasteiger charge is -2.12. The minimum absolute atomic E-state index is 0.114. The summed E-state index contributed by atoms with van der Waals surface area (Å²) in [5.74, 6) is 1.33. The molecule has 110 valence electrons. The molecule has 0 spiro atoms. The maximum absolute atomic E-state index is 5.85. The number of nitrogens with zero attached hydrogens (tertiary/aromatic N) is 2. The molecule has 0 saturated carbocycles. The van der Waals surface area contributed by atoms with E-state index in [9.17, 15) is 0 Å². The Labute approximate surface area is 132 Å². The molecule has 2 aromatic heterocycles. The maximum Gasteiger partial charge on any atom is 0.576 e. The van der Waals surface area contributed by atoms with Gasteiger partial charge in [-0.15, -0.1) is 0 Å². The van der Waals surface area contributed by atoms with Crippen molar-refractivity contribution in [3.8, 4) is 23.3 Å². The highest BCUT2D eigenvalue weighted by Crippen LogP contribution is 2.29. The zero-order valence-electron chi connectivity index (χ0n) is 11.3. The van der Waals surface area contributed by atoms with Crippen LogP contribution >= 0.6 is 23.2 Å². The van der Waals surface area contributed by atoms with Gasteiger partial charge in [-0.25, -0.2) is 9.97 Å². The van der Waals surface area contributed by atoms with Crippen molar-refractivity contribution in [3.63, 3.8) is 0 Å². The largest absolute Gasteiger partial charge is 0.576 e. The average Bonchev–Trinajstić information content (AvgIpc) is 2.48. The SMILES string of the molecule is COc1ncc(Cl)cc1OBOc1cc(Cl)cnc1OC. The summed E-state index contributed by atoms with van der Waals surface area (Å²) in [7, 11) is 2.85. The monoisotopic (exact) mass is 328 g/mol. The van der Waals surface area contributed by atoms with Gasteiger partial charge in [0, 0.05) is 24.5 Å². The summed E-state index contributed by atoms with van der Waals surface area (Å²) in [6, 6.07) is 3.15. The molecule has 0 aliphatic heterocycles. The molecule has 0 atom stereocenters. The lowest BCUT2D eigenvalue weighted by Crippen LogP contribution is -2.12. The van der Waals surface area contributed by atoms with Crippen LogP contribution in [0.15, 0.2) is 24.5 Å². The number of hydrogen-bond donors (Lipinski definition) is 0. The Bertz CT molecular complexity index is 577. The summed E-state index contributed by atoms with van der Waals surface area (Å²) < 4.78 is 21.0. The molecule has 0 fully saturated rings. The van der Waals surface area contributed by atoms with Crippen LogP contribution in [0.5, 0.6) is 23.3 Å². The van der Waals surface area contributed by atoms with E-state index in [1.165, 1.54) is 26.6 Å². The number of ether oxygens (including phenoxy) is 2. The van der Waals surface area contributed by atoms with Gasteiger partial charge in [-0.2, -0.15) is 0 Å². The van der Waals surface area contributed by atoms with E-state index in [2.05, 4.69) is 9.97 Å². The third kappa shape index (κ3) is 4.06. The summed E-state index contributed by atoms with van der Waals surface area (Å²) in [6.45, 7) is 0. The van der Waals surface area contributed by atoms with Crippen LogP contribution in [0.3, 0.4) is 0 Å². The smallest absolute Gasteiger partial charge is 0.525 e. The fourth-order valence-corrected chi connectivity index (χ4v) is 1.78. The minimum Gasteiger partial charge on any atom is -0.525 e. The molecule has 0 bridgehead atoms. The Hall–Kier alpha value is -1.86. The van der Waals surface area contributed by atoms with Crippen LogP contribution < -0.4 is 18.8 Å². The van der Waals surface area contributed by atoms with Crippen molar-refractivity contribution in [2.45, 2.75) is 0 Å². The van der Waals surface area contributed by atoms with Crippen molar-refractivity contribution in [2.75, 3.05) is 14.2 Å². The topological polar surface area (TPSA) is 62.7 Å². The number of rotatable bonds is 6. The number of pyridine rings is 2. The van der Waals surface area contributed by atoms with Crippen LogP contribution in [0.2, 0.25) is 10.0 Å². The van der Waals surface area contributed by atoms with Crippen molar-refractivity contribution >= 4 is 30.9 Å². The van der Waals surface area contributed by atoms with E-state index < -0.39 is 0 Å². The standard InChI is InChI=1S/C12H11BCl2N2O4/c1-18-11-9(3-7(14)5-16-11)20-13-21-10-4-8(15)6-17-12(10)19-2/h3-6,13H,1-2H3. The second-order valence-electron chi connectivity index (χ2n) is 3.73. The van der Waals surface area contributed by atoms with E-state index in [-0.39, 0.29) is 7.69 Å². The molecule has 0 radical (unpaired) electrons. The molecule has 6 nitrogen and oxygen atoms in total. The molecular formula is C12H11BCl2N2O4. The lowest BCUT2D eigenvalue weighted by atomic mass is 10.3. The first-order chi connectivity index (χ1) is 10.1. The second kappa shape index (κ2) is 7.24. The van der Waals surface area contributed by atoms with Gasteiger partial charge in [0.25, 0.3) is 11.8 Å². The molecule has 0 N–H and O–H groups in total. The molecule has 2 aromatic rings. The molecule has 21 heavy (non-hydrogen) atoms. The molecule has 0 amide bonds. The van der Waals surface area contributed by atoms with Gasteiger partial charge in [0.2, 0.25) is 0 Å². The molecule has 0 unspecified atom stereocenters. The van der Waals surface area contributed by atoms with Crippen molar-refractivity contribution in [1.29, 1.82) is 0 Å². The molecule has 2 rings (SSSR count). The first-order valence-electron chi connectivity index (χ1n) is 5.78. The molecular weight excluding hydrogens is 318 g/mol. The van der Waals surface area contributed by atoms with Gasteiger partial charge in [-0.1, -0.05) is 23.2 Å². The Morgan fingerprint density at radius 3 is 1.67 bits per heavy atom. The third-order valence-corrected chi connectivity index (χ3v) is 2.80. The first kappa shape index (κ1) is 15.5. The van der Waals surface area contributed by atoms with Gasteiger partial charge in [-0.05, 0) is 0 Å². The highest BCUT2D eigenvalue weighted by molar-refractivity contribution is 6.31. The zero-order valence-corrected chi connectivity index (χ0v) is 12.8. The highest BCUT2D eigenvalue weighted by Gasteiger charge is 2.11. The fourth-order valence-electron chi connectivity index (χ4n) is 1.49. The minimum atomic E-state index is -0.114. The van der Waals surface area contributed by atoms with E-state index in [0.29, 0.717) is 33.3 Å². The van der Waals surface area contributed by atoms with Crippen LogP contribution in [-0.2, 0) is 0 Å². The molecule has 0 aliphatic rings. The zero-order chi connectivity index (χ0) is 15.2. The Kier molecular flexibility index (Phi) is 5.35. The summed E-state index contributed by atoms with van der Waals surface area (Å²) in [5, 5.41) is 0.848. The second-order valence-corrected chi connectivity index (χ2v) is 4.60. The van der Waals surface area contributed by atoms with Gasteiger partial charge in [0.05, 0.1) is 24.3 Å². The predicted molar refractivity (Wildman–Crippen MR) is 80.0 cm³/mol. The summed E-state index contributed by atoms with van der Waals surface area (Å²) in [4.78, 5) is 7.95. The molecule has 2 heterocycles. The quantitative estimate of drug-likeness (QED) is 0.759. The predicted octanol–water partition coefficient (Wildman–Crippen LogP) is 2.52. The van der Waals surface area contributed by atoms with Crippen LogP contribution in [0.4, 0.5) is 0 Å². The normalized spacial score (nSPS) is 9.90. The van der Waals surface area contributed by atoms with Gasteiger partial charge < -0.3 is 18.8 Å². The van der Waals surface area contributed by atoms with Crippen LogP contribution in [0.1, 0.15) is 0 Å². The van der Waals surface area contributed by atoms with Gasteiger partial charge in [0.1, 0.15) is 0 Å². The van der Waals surface area contributed by atoms with Gasteiger partial charge >= 0.3 is 7.69 Å². The van der Waals surface area contributed by atoms with Crippen molar-refractivity contribution in [1.82, 2.24) is 9.97 Å². The number of methoxy groups -OCH3 is 2. The molecule has 0 aromatic carbocycles. The van der Waals surface area contributed by atoms with E-state index in [4.69, 9.17) is 42.0 Å². The first-order valence-corrected chi connectivity index (χ1v) is 6.54. The average molecular weight is 329 g/mol. The van der Waals surface area contributed by atoms with E-state index in [1.807, 2.05) is 0 Å². The number of hydrogen-bond acceptors (Lipinski definition) is 6. The fraction of sp³-hybridized carbons (Fsp3) is 0.167. The Balaban J connectivity index is 2.05. The molecule has 0 saturated heterocycles. The van der Waals surface area contributed by atoms with Crippen molar-refractivity contribution in [3.05, 3.63) is 34.6 Å². The highest BCUT2D eigenvalue weighted by atomic mass is 35.5. The van der Waals surface area contributed by atoms with E-state index in [0.717, 1.165) is 0 Å². The molecule has 9 heteroatoms. The van der Waals surface area contributed by atoms with Gasteiger partial charge in [-0.3, -0.25) is 0 Å². The Morgan fingerprint density at radius 1 is 0.857 bits per heavy atom.